The van der Waals surface area contributed by atoms with E-state index in [9.17, 15) is 4.79 Å². The number of thioether (sulfide) groups is 1. The van der Waals surface area contributed by atoms with Gasteiger partial charge >= 0.3 is 0 Å². The van der Waals surface area contributed by atoms with Crippen LogP contribution in [0.5, 0.6) is 11.5 Å². The Morgan fingerprint density at radius 1 is 1.48 bits per heavy atom. The predicted octanol–water partition coefficient (Wildman–Crippen LogP) is 2.91. The monoisotopic (exact) mass is 338 g/mol. The van der Waals surface area contributed by atoms with Crippen LogP contribution in [0.15, 0.2) is 18.2 Å². The first-order chi connectivity index (χ1) is 11.2. The Labute approximate surface area is 142 Å². The van der Waals surface area contributed by atoms with Gasteiger partial charge in [0.15, 0.2) is 0 Å². The molecule has 1 fully saturated rings. The molecule has 1 amide bonds. The maximum absolute atomic E-state index is 12.3. The van der Waals surface area contributed by atoms with Crippen molar-refractivity contribution in [3.8, 4) is 11.5 Å². The summed E-state index contributed by atoms with van der Waals surface area (Å²) in [4.78, 5) is 12.3. The number of ether oxygens (including phenoxy) is 2. The summed E-state index contributed by atoms with van der Waals surface area (Å²) >= 11 is 1.89. The lowest BCUT2D eigenvalue weighted by Gasteiger charge is -2.22. The molecule has 6 heteroatoms. The molecule has 1 aliphatic rings. The molecule has 23 heavy (non-hydrogen) atoms. The van der Waals surface area contributed by atoms with E-state index >= 15 is 0 Å². The summed E-state index contributed by atoms with van der Waals surface area (Å²) < 4.78 is 11.0. The summed E-state index contributed by atoms with van der Waals surface area (Å²) in [5.74, 6) is 3.49. The van der Waals surface area contributed by atoms with Crippen LogP contribution in [0.3, 0.4) is 0 Å². The average molecular weight is 338 g/mol. The second-order valence-corrected chi connectivity index (χ2v) is 6.69. The third kappa shape index (κ3) is 5.95. The maximum Gasteiger partial charge on any atom is 0.226 e. The molecule has 1 saturated heterocycles. The normalized spacial score (nSPS) is 17.6. The highest BCUT2D eigenvalue weighted by molar-refractivity contribution is 7.99. The van der Waals surface area contributed by atoms with E-state index in [0.717, 1.165) is 30.9 Å². The molecule has 2 rings (SSSR count). The number of hydrogen-bond donors (Lipinski definition) is 2. The summed E-state index contributed by atoms with van der Waals surface area (Å²) in [6, 6.07) is 5.74. The Bertz CT molecular complexity index is 505. The fourth-order valence-electron chi connectivity index (χ4n) is 2.36. The van der Waals surface area contributed by atoms with Crippen molar-refractivity contribution in [2.45, 2.75) is 32.2 Å². The van der Waals surface area contributed by atoms with E-state index < -0.39 is 0 Å². The smallest absolute Gasteiger partial charge is 0.226 e. The van der Waals surface area contributed by atoms with Crippen LogP contribution in [0.25, 0.3) is 0 Å². The summed E-state index contributed by atoms with van der Waals surface area (Å²) in [6.07, 6.45) is 2.53. The molecule has 1 atom stereocenters. The van der Waals surface area contributed by atoms with Gasteiger partial charge in [-0.3, -0.25) is 4.79 Å². The van der Waals surface area contributed by atoms with Gasteiger partial charge in [0.2, 0.25) is 5.91 Å². The minimum Gasteiger partial charge on any atom is -0.497 e. The number of anilines is 1. The van der Waals surface area contributed by atoms with Crippen LogP contribution >= 0.6 is 11.8 Å². The zero-order chi connectivity index (χ0) is 16.5. The van der Waals surface area contributed by atoms with Crippen molar-refractivity contribution in [3.05, 3.63) is 18.2 Å². The van der Waals surface area contributed by atoms with E-state index in [4.69, 9.17) is 9.47 Å². The maximum atomic E-state index is 12.3. The molecule has 0 spiro atoms. The van der Waals surface area contributed by atoms with Crippen molar-refractivity contribution in [2.75, 3.05) is 37.1 Å². The largest absolute Gasteiger partial charge is 0.497 e. The number of nitrogens with one attached hydrogen (secondary N) is 2. The van der Waals surface area contributed by atoms with Gasteiger partial charge in [0.25, 0.3) is 0 Å². The number of amides is 1. The van der Waals surface area contributed by atoms with Crippen molar-refractivity contribution in [1.82, 2.24) is 5.32 Å². The van der Waals surface area contributed by atoms with Crippen LogP contribution in [-0.4, -0.2) is 43.7 Å². The quantitative estimate of drug-likeness (QED) is 0.714. The summed E-state index contributed by atoms with van der Waals surface area (Å²) in [6.45, 7) is 3.73. The molecule has 0 aromatic heterocycles. The van der Waals surface area contributed by atoms with Crippen LogP contribution in [-0.2, 0) is 4.79 Å². The zero-order valence-electron chi connectivity index (χ0n) is 13.9. The Morgan fingerprint density at radius 3 is 3.04 bits per heavy atom. The molecule has 1 aromatic carbocycles. The van der Waals surface area contributed by atoms with Gasteiger partial charge in [0.1, 0.15) is 11.5 Å². The molecule has 1 aromatic rings. The summed E-state index contributed by atoms with van der Waals surface area (Å²) in [7, 11) is 1.61. The first-order valence-electron chi connectivity index (χ1n) is 8.14. The molecule has 0 bridgehead atoms. The topological polar surface area (TPSA) is 59.6 Å². The van der Waals surface area contributed by atoms with Gasteiger partial charge in [-0.25, -0.2) is 0 Å². The van der Waals surface area contributed by atoms with Gasteiger partial charge < -0.3 is 20.1 Å². The molecule has 5 nitrogen and oxygen atoms in total. The van der Waals surface area contributed by atoms with Gasteiger partial charge in [0, 0.05) is 36.6 Å². The molecule has 2 N–H and O–H groups in total. The number of benzene rings is 1. The minimum atomic E-state index is -0.00130. The molecule has 0 radical (unpaired) electrons. The van der Waals surface area contributed by atoms with Crippen molar-refractivity contribution in [2.24, 2.45) is 0 Å². The lowest BCUT2D eigenvalue weighted by Crippen LogP contribution is -2.39. The fraction of sp³-hybridized carbons (Fsp3) is 0.588. The lowest BCUT2D eigenvalue weighted by molar-refractivity contribution is -0.116. The highest BCUT2D eigenvalue weighted by atomic mass is 32.2. The number of methoxy groups -OCH3 is 1. The van der Waals surface area contributed by atoms with E-state index in [1.807, 2.05) is 30.0 Å². The average Bonchev–Trinajstić information content (AvgIpc) is 2.57. The van der Waals surface area contributed by atoms with Crippen molar-refractivity contribution in [1.29, 1.82) is 0 Å². The molecule has 0 aliphatic carbocycles. The van der Waals surface area contributed by atoms with Crippen molar-refractivity contribution in [3.63, 3.8) is 0 Å². The van der Waals surface area contributed by atoms with Crippen LogP contribution < -0.4 is 20.1 Å². The predicted molar refractivity (Wildman–Crippen MR) is 95.8 cm³/mol. The van der Waals surface area contributed by atoms with Crippen molar-refractivity contribution >= 4 is 23.4 Å². The van der Waals surface area contributed by atoms with E-state index in [1.165, 1.54) is 0 Å². The van der Waals surface area contributed by atoms with E-state index in [-0.39, 0.29) is 11.9 Å². The highest BCUT2D eigenvalue weighted by Gasteiger charge is 2.18. The molecule has 0 saturated carbocycles. The van der Waals surface area contributed by atoms with Gasteiger partial charge in [0.05, 0.1) is 19.4 Å². The summed E-state index contributed by atoms with van der Waals surface area (Å²) in [5.41, 5.74) is 0.675. The van der Waals surface area contributed by atoms with E-state index in [1.54, 1.807) is 7.11 Å². The molecule has 128 valence electrons. The number of rotatable bonds is 8. The van der Waals surface area contributed by atoms with Gasteiger partial charge in [-0.2, -0.15) is 11.8 Å². The Hall–Kier alpha value is -1.40. The standard InChI is InChI=1S/C17H26N2O3S/c1-3-4-8-22-16-6-5-14(21-2)11-15(16)19-17(20)10-13-12-23-9-7-18-13/h5-6,11,13,18H,3-4,7-10,12H2,1-2H3,(H,19,20). The number of carbonyl (C=O) groups excluding carboxylic acids is 1. The number of hydrogen-bond acceptors (Lipinski definition) is 5. The SMILES string of the molecule is CCCCOc1ccc(OC)cc1NC(=O)CC1CSCCN1. The van der Waals surface area contributed by atoms with Gasteiger partial charge in [-0.05, 0) is 18.6 Å². The molecular weight excluding hydrogens is 312 g/mol. The highest BCUT2D eigenvalue weighted by Crippen LogP contribution is 2.29. The van der Waals surface area contributed by atoms with Gasteiger partial charge in [-0.1, -0.05) is 13.3 Å². The number of unbranched alkanes of at least 4 members (excludes halogenated alkanes) is 1. The second kappa shape index (κ2) is 9.67. The van der Waals surface area contributed by atoms with Crippen LogP contribution in [0.4, 0.5) is 5.69 Å². The Kier molecular flexibility index (Phi) is 7.55. The first-order valence-corrected chi connectivity index (χ1v) is 9.30. The second-order valence-electron chi connectivity index (χ2n) is 5.54. The van der Waals surface area contributed by atoms with Crippen LogP contribution in [0.1, 0.15) is 26.2 Å². The van der Waals surface area contributed by atoms with Crippen LogP contribution in [0.2, 0.25) is 0 Å². The Morgan fingerprint density at radius 2 is 2.35 bits per heavy atom. The number of carbonyl (C=O) groups is 1. The first kappa shape index (κ1) is 17.9. The molecule has 1 aliphatic heterocycles. The van der Waals surface area contributed by atoms with E-state index in [2.05, 4.69) is 17.6 Å². The van der Waals surface area contributed by atoms with Gasteiger partial charge in [-0.15, -0.1) is 0 Å². The zero-order valence-corrected chi connectivity index (χ0v) is 14.7. The minimum absolute atomic E-state index is 0.00130. The third-order valence-electron chi connectivity index (χ3n) is 3.65. The summed E-state index contributed by atoms with van der Waals surface area (Å²) in [5, 5.41) is 6.34. The van der Waals surface area contributed by atoms with E-state index in [0.29, 0.717) is 30.2 Å². The molecule has 1 unspecified atom stereocenters. The third-order valence-corrected chi connectivity index (χ3v) is 4.78. The molecule has 1 heterocycles. The molecular formula is C17H26N2O3S. The van der Waals surface area contributed by atoms with Crippen molar-refractivity contribution < 1.29 is 14.3 Å². The van der Waals surface area contributed by atoms with Crippen LogP contribution in [0, 0.1) is 0 Å². The lowest BCUT2D eigenvalue weighted by atomic mass is 10.2. The Balaban J connectivity index is 1.98. The fourth-order valence-corrected chi connectivity index (χ4v) is 3.31.